The van der Waals surface area contributed by atoms with Crippen molar-refractivity contribution in [3.63, 3.8) is 0 Å². The van der Waals surface area contributed by atoms with Crippen LogP contribution in [0.4, 0.5) is 11.4 Å². The van der Waals surface area contributed by atoms with Gasteiger partial charge in [0.15, 0.2) is 0 Å². The maximum absolute atomic E-state index is 13.0. The predicted octanol–water partition coefficient (Wildman–Crippen LogP) is 5.27. The van der Waals surface area contributed by atoms with Gasteiger partial charge in [-0.05, 0) is 93.8 Å². The zero-order valence-electron chi connectivity index (χ0n) is 20.6. The van der Waals surface area contributed by atoms with Crippen LogP contribution >= 0.6 is 0 Å². The summed E-state index contributed by atoms with van der Waals surface area (Å²) in [7, 11) is -3.88. The van der Waals surface area contributed by atoms with E-state index in [1.165, 1.54) is 12.1 Å². The summed E-state index contributed by atoms with van der Waals surface area (Å²) >= 11 is 0. The molecular formula is C27H31N3O4S. The van der Waals surface area contributed by atoms with Crippen molar-refractivity contribution in [2.45, 2.75) is 51.5 Å². The molecule has 0 saturated heterocycles. The van der Waals surface area contributed by atoms with E-state index in [0.717, 1.165) is 12.0 Å². The minimum absolute atomic E-state index is 0.0136. The predicted molar refractivity (Wildman–Crippen MR) is 139 cm³/mol. The number of hydrogen-bond donors (Lipinski definition) is 3. The second-order valence-electron chi connectivity index (χ2n) is 9.17. The molecule has 0 spiro atoms. The minimum Gasteiger partial charge on any atom is -0.347 e. The molecule has 0 aliphatic carbocycles. The van der Waals surface area contributed by atoms with Crippen LogP contribution in [0.15, 0.2) is 71.6 Å². The maximum atomic E-state index is 13.0. The van der Waals surface area contributed by atoms with E-state index in [9.17, 15) is 18.0 Å². The summed E-state index contributed by atoms with van der Waals surface area (Å²) in [5.41, 5.74) is 2.90. The lowest BCUT2D eigenvalue weighted by Crippen LogP contribution is -2.42. The molecule has 0 aromatic heterocycles. The molecular weight excluding hydrogens is 462 g/mol. The molecule has 3 rings (SSSR count). The Labute approximate surface area is 207 Å². The number of sulfonamides is 1. The number of benzene rings is 3. The SMILES string of the molecule is CCC(C)(C)NC(=O)c1ccc(NC(=O)c2cc(S(=O)(=O)Nc3cccc(C)c3)ccc2C)cc1. The van der Waals surface area contributed by atoms with E-state index in [4.69, 9.17) is 0 Å². The summed E-state index contributed by atoms with van der Waals surface area (Å²) in [5.74, 6) is -0.635. The van der Waals surface area contributed by atoms with Gasteiger partial charge in [0.05, 0.1) is 4.90 Å². The van der Waals surface area contributed by atoms with Crippen LogP contribution in [0.3, 0.4) is 0 Å². The zero-order valence-corrected chi connectivity index (χ0v) is 21.4. The van der Waals surface area contributed by atoms with Crippen molar-refractivity contribution in [2.24, 2.45) is 0 Å². The molecule has 0 saturated carbocycles. The number of aryl methyl sites for hydroxylation is 2. The molecule has 0 bridgehead atoms. The highest BCUT2D eigenvalue weighted by Crippen LogP contribution is 2.21. The zero-order chi connectivity index (χ0) is 25.8. The summed E-state index contributed by atoms with van der Waals surface area (Å²) in [5, 5.41) is 5.74. The highest BCUT2D eigenvalue weighted by molar-refractivity contribution is 7.92. The number of anilines is 2. The Bertz CT molecular complexity index is 1350. The Kier molecular flexibility index (Phi) is 7.65. The van der Waals surface area contributed by atoms with Gasteiger partial charge in [-0.25, -0.2) is 8.42 Å². The molecule has 0 radical (unpaired) electrons. The summed E-state index contributed by atoms with van der Waals surface area (Å²) in [6.45, 7) is 9.51. The first-order valence-corrected chi connectivity index (χ1v) is 12.8. The third kappa shape index (κ3) is 6.70. The summed E-state index contributed by atoms with van der Waals surface area (Å²) in [4.78, 5) is 25.4. The lowest BCUT2D eigenvalue weighted by molar-refractivity contribution is 0.0910. The Morgan fingerprint density at radius 3 is 2.17 bits per heavy atom. The van der Waals surface area contributed by atoms with Gasteiger partial charge in [0.1, 0.15) is 0 Å². The quantitative estimate of drug-likeness (QED) is 0.397. The number of carbonyl (C=O) groups is 2. The van der Waals surface area contributed by atoms with Crippen molar-refractivity contribution in [1.82, 2.24) is 5.32 Å². The molecule has 3 aromatic rings. The van der Waals surface area contributed by atoms with Gasteiger partial charge < -0.3 is 10.6 Å². The van der Waals surface area contributed by atoms with Crippen LogP contribution in [0.1, 0.15) is 59.0 Å². The fourth-order valence-corrected chi connectivity index (χ4v) is 4.38. The fourth-order valence-electron chi connectivity index (χ4n) is 3.31. The molecule has 35 heavy (non-hydrogen) atoms. The second-order valence-corrected chi connectivity index (χ2v) is 10.9. The van der Waals surface area contributed by atoms with Crippen molar-refractivity contribution >= 4 is 33.2 Å². The molecule has 3 aromatic carbocycles. The molecule has 2 amide bonds. The topological polar surface area (TPSA) is 104 Å². The standard InChI is InChI=1S/C27H31N3O4S/c1-6-27(4,5)29-25(31)20-11-13-21(14-12-20)28-26(32)24-17-23(15-10-19(24)3)35(33,34)30-22-9-7-8-18(2)16-22/h7-17,30H,6H2,1-5H3,(H,28,32)(H,29,31). The van der Waals surface area contributed by atoms with E-state index >= 15 is 0 Å². The number of amides is 2. The molecule has 3 N–H and O–H groups in total. The first-order valence-electron chi connectivity index (χ1n) is 11.3. The first-order chi connectivity index (χ1) is 16.4. The third-order valence-corrected chi connectivity index (χ3v) is 7.15. The van der Waals surface area contributed by atoms with Gasteiger partial charge in [-0.15, -0.1) is 0 Å². The molecule has 0 aliphatic heterocycles. The highest BCUT2D eigenvalue weighted by atomic mass is 32.2. The average Bonchev–Trinajstić information content (AvgIpc) is 2.79. The normalized spacial score (nSPS) is 11.6. The molecule has 0 aliphatic rings. The summed E-state index contributed by atoms with van der Waals surface area (Å²) < 4.78 is 28.3. The van der Waals surface area contributed by atoms with Crippen molar-refractivity contribution in [2.75, 3.05) is 10.0 Å². The molecule has 0 unspecified atom stereocenters. The number of carbonyl (C=O) groups excluding carboxylic acids is 2. The molecule has 184 valence electrons. The van der Waals surface area contributed by atoms with Crippen LogP contribution in [-0.2, 0) is 10.0 Å². The first kappa shape index (κ1) is 26.0. The molecule has 0 heterocycles. The van der Waals surface area contributed by atoms with Crippen LogP contribution in [0.25, 0.3) is 0 Å². The van der Waals surface area contributed by atoms with E-state index < -0.39 is 15.9 Å². The fraction of sp³-hybridized carbons (Fsp3) is 0.259. The molecule has 0 fully saturated rings. The van der Waals surface area contributed by atoms with Crippen LogP contribution in [0, 0.1) is 13.8 Å². The molecule has 8 heteroatoms. The van der Waals surface area contributed by atoms with Crippen LogP contribution in [0.5, 0.6) is 0 Å². The van der Waals surface area contributed by atoms with Crippen molar-refractivity contribution < 1.29 is 18.0 Å². The number of nitrogens with one attached hydrogen (secondary N) is 3. The Morgan fingerprint density at radius 1 is 0.857 bits per heavy atom. The Morgan fingerprint density at radius 2 is 1.54 bits per heavy atom. The average molecular weight is 494 g/mol. The van der Waals surface area contributed by atoms with E-state index in [0.29, 0.717) is 22.5 Å². The largest absolute Gasteiger partial charge is 0.347 e. The van der Waals surface area contributed by atoms with Gasteiger partial charge in [-0.3, -0.25) is 14.3 Å². The monoisotopic (exact) mass is 493 g/mol. The van der Waals surface area contributed by atoms with Crippen LogP contribution in [0.2, 0.25) is 0 Å². The van der Waals surface area contributed by atoms with Crippen LogP contribution < -0.4 is 15.4 Å². The van der Waals surface area contributed by atoms with E-state index in [1.807, 2.05) is 33.8 Å². The lowest BCUT2D eigenvalue weighted by atomic mass is 10.0. The van der Waals surface area contributed by atoms with Gasteiger partial charge in [0, 0.05) is 28.0 Å². The van der Waals surface area contributed by atoms with Crippen LogP contribution in [-0.4, -0.2) is 25.8 Å². The van der Waals surface area contributed by atoms with E-state index in [2.05, 4.69) is 15.4 Å². The number of rotatable bonds is 8. The van der Waals surface area contributed by atoms with Crippen molar-refractivity contribution in [3.05, 3.63) is 89.0 Å². The van der Waals surface area contributed by atoms with Gasteiger partial charge in [0.25, 0.3) is 21.8 Å². The maximum Gasteiger partial charge on any atom is 0.261 e. The van der Waals surface area contributed by atoms with Gasteiger partial charge in [-0.2, -0.15) is 0 Å². The van der Waals surface area contributed by atoms with Crippen molar-refractivity contribution in [1.29, 1.82) is 0 Å². The summed E-state index contributed by atoms with van der Waals surface area (Å²) in [6.07, 6.45) is 0.793. The number of hydrogen-bond acceptors (Lipinski definition) is 4. The van der Waals surface area contributed by atoms with E-state index in [-0.39, 0.29) is 21.9 Å². The van der Waals surface area contributed by atoms with Gasteiger partial charge >= 0.3 is 0 Å². The Hall–Kier alpha value is -3.65. The van der Waals surface area contributed by atoms with Gasteiger partial charge in [-0.1, -0.05) is 25.1 Å². The van der Waals surface area contributed by atoms with Gasteiger partial charge in [0.2, 0.25) is 0 Å². The Balaban J connectivity index is 1.76. The third-order valence-electron chi connectivity index (χ3n) is 5.78. The smallest absolute Gasteiger partial charge is 0.261 e. The second kappa shape index (κ2) is 10.3. The lowest BCUT2D eigenvalue weighted by Gasteiger charge is -2.24. The van der Waals surface area contributed by atoms with E-state index in [1.54, 1.807) is 55.5 Å². The minimum atomic E-state index is -3.88. The molecule has 0 atom stereocenters. The molecule has 7 nitrogen and oxygen atoms in total. The summed E-state index contributed by atoms with van der Waals surface area (Å²) in [6, 6.07) is 18.0. The highest BCUT2D eigenvalue weighted by Gasteiger charge is 2.20. The van der Waals surface area contributed by atoms with Crippen molar-refractivity contribution in [3.8, 4) is 0 Å².